The number of halogens is 1. The summed E-state index contributed by atoms with van der Waals surface area (Å²) in [5.74, 6) is -1.28. The van der Waals surface area contributed by atoms with Crippen molar-refractivity contribution in [2.75, 3.05) is 11.9 Å². The van der Waals surface area contributed by atoms with Crippen LogP contribution in [0.25, 0.3) is 0 Å². The fourth-order valence-electron chi connectivity index (χ4n) is 0.745. The van der Waals surface area contributed by atoms with E-state index in [0.717, 1.165) is 0 Å². The van der Waals surface area contributed by atoms with Crippen molar-refractivity contribution >= 4 is 11.7 Å². The minimum Gasteiger partial charge on any atom is -1.00 e. The molecular formula is C8H10FK2NO2. The quantitative estimate of drug-likeness (QED) is 0.532. The Hall–Kier alpha value is 1.69. The van der Waals surface area contributed by atoms with Crippen molar-refractivity contribution in [2.45, 2.75) is 0 Å². The van der Waals surface area contributed by atoms with E-state index in [1.807, 2.05) is 0 Å². The predicted octanol–water partition coefficient (Wildman–Crippen LogP) is -4.44. The van der Waals surface area contributed by atoms with E-state index in [1.54, 1.807) is 0 Å². The number of hydrogen-bond donors (Lipinski definition) is 2. The minimum absolute atomic E-state index is 0. The maximum atomic E-state index is 12.3. The van der Waals surface area contributed by atoms with E-state index < -0.39 is 5.97 Å². The maximum Gasteiger partial charge on any atom is 1.00 e. The van der Waals surface area contributed by atoms with E-state index >= 15 is 0 Å². The summed E-state index contributed by atoms with van der Waals surface area (Å²) < 4.78 is 12.3. The van der Waals surface area contributed by atoms with Crippen molar-refractivity contribution in [1.29, 1.82) is 0 Å². The number of anilines is 1. The molecule has 6 heteroatoms. The van der Waals surface area contributed by atoms with Crippen molar-refractivity contribution in [3.8, 4) is 0 Å². The van der Waals surface area contributed by atoms with Crippen LogP contribution in [0.3, 0.4) is 0 Å². The molecule has 0 aliphatic heterocycles. The molecule has 1 aromatic carbocycles. The molecule has 14 heavy (non-hydrogen) atoms. The molecule has 1 rings (SSSR count). The molecule has 68 valence electrons. The molecule has 0 atom stereocenters. The van der Waals surface area contributed by atoms with Crippen LogP contribution in [0.15, 0.2) is 24.3 Å². The number of hydrogen-bond acceptors (Lipinski definition) is 2. The average molecular weight is 249 g/mol. The van der Waals surface area contributed by atoms with Crippen molar-refractivity contribution in [3.05, 3.63) is 30.1 Å². The molecule has 0 bridgehead atoms. The zero-order valence-electron chi connectivity index (χ0n) is 10.2. The van der Waals surface area contributed by atoms with Gasteiger partial charge < -0.3 is 13.3 Å². The van der Waals surface area contributed by atoms with Crippen molar-refractivity contribution in [1.82, 2.24) is 0 Å². The third kappa shape index (κ3) is 7.92. The summed E-state index contributed by atoms with van der Waals surface area (Å²) in [4.78, 5) is 10.1. The van der Waals surface area contributed by atoms with Gasteiger partial charge in [-0.05, 0) is 24.3 Å². The van der Waals surface area contributed by atoms with Crippen LogP contribution in [0.1, 0.15) is 2.85 Å². The molecule has 0 aliphatic rings. The van der Waals surface area contributed by atoms with E-state index in [0.29, 0.717) is 5.69 Å². The SMILES string of the molecule is O=C(O)CNc1ccc(F)cc1.[H-].[H-].[K+].[K+]. The molecule has 0 fully saturated rings. The van der Waals surface area contributed by atoms with Gasteiger partial charge >= 0.3 is 109 Å². The first-order valence-corrected chi connectivity index (χ1v) is 3.40. The Morgan fingerprint density at radius 3 is 2.29 bits per heavy atom. The van der Waals surface area contributed by atoms with E-state index in [-0.39, 0.29) is 118 Å². The van der Waals surface area contributed by atoms with Gasteiger partial charge in [-0.15, -0.1) is 0 Å². The second kappa shape index (κ2) is 9.89. The van der Waals surface area contributed by atoms with Crippen LogP contribution in [0.2, 0.25) is 0 Å². The monoisotopic (exact) mass is 249 g/mol. The van der Waals surface area contributed by atoms with Crippen LogP contribution in [-0.4, -0.2) is 17.6 Å². The van der Waals surface area contributed by atoms with Gasteiger partial charge in [0.15, 0.2) is 0 Å². The van der Waals surface area contributed by atoms with Gasteiger partial charge in [0.1, 0.15) is 12.4 Å². The van der Waals surface area contributed by atoms with Gasteiger partial charge in [0.05, 0.1) is 0 Å². The summed E-state index contributed by atoms with van der Waals surface area (Å²) in [6, 6.07) is 5.50. The molecule has 0 saturated heterocycles. The van der Waals surface area contributed by atoms with E-state index in [9.17, 15) is 9.18 Å². The average Bonchev–Trinajstić information content (AvgIpc) is 2.03. The van der Waals surface area contributed by atoms with Crippen molar-refractivity contribution in [3.63, 3.8) is 0 Å². The largest absolute Gasteiger partial charge is 1.00 e. The first kappa shape index (κ1) is 18.1. The van der Waals surface area contributed by atoms with Crippen LogP contribution in [-0.2, 0) is 4.79 Å². The summed E-state index contributed by atoms with van der Waals surface area (Å²) >= 11 is 0. The Morgan fingerprint density at radius 2 is 1.86 bits per heavy atom. The Kier molecular flexibility index (Phi) is 12.8. The predicted molar refractivity (Wildman–Crippen MR) is 44.7 cm³/mol. The Labute approximate surface area is 170 Å². The standard InChI is InChI=1S/C8H8FNO2.2K.2H/c9-6-1-3-7(4-2-6)10-5-8(11)12;;;;/h1-4,10H,5H2,(H,11,12);;;;/q;2*+1;2*-1. The van der Waals surface area contributed by atoms with Gasteiger partial charge in [0, 0.05) is 5.69 Å². The second-order valence-corrected chi connectivity index (χ2v) is 2.25. The number of carboxylic acid groups (broad SMARTS) is 1. The summed E-state index contributed by atoms with van der Waals surface area (Å²) in [5.41, 5.74) is 0.596. The third-order valence-corrected chi connectivity index (χ3v) is 1.29. The zero-order valence-corrected chi connectivity index (χ0v) is 14.5. The van der Waals surface area contributed by atoms with Crippen LogP contribution >= 0.6 is 0 Å². The molecule has 1 aromatic rings. The number of aliphatic carboxylic acids is 1. The molecule has 0 amide bonds. The molecule has 0 heterocycles. The van der Waals surface area contributed by atoms with E-state index in [4.69, 9.17) is 5.11 Å². The second-order valence-electron chi connectivity index (χ2n) is 2.25. The zero-order chi connectivity index (χ0) is 8.97. The normalized spacial score (nSPS) is 8.07. The van der Waals surface area contributed by atoms with Gasteiger partial charge in [-0.2, -0.15) is 0 Å². The van der Waals surface area contributed by atoms with Gasteiger partial charge in [-0.1, -0.05) is 0 Å². The first-order chi connectivity index (χ1) is 5.68. The molecule has 0 spiro atoms. The van der Waals surface area contributed by atoms with E-state index in [2.05, 4.69) is 5.32 Å². The minimum atomic E-state index is -0.945. The van der Waals surface area contributed by atoms with Crippen LogP contribution in [0, 0.1) is 5.82 Å². The number of rotatable bonds is 3. The van der Waals surface area contributed by atoms with Gasteiger partial charge in [-0.3, -0.25) is 4.79 Å². The van der Waals surface area contributed by atoms with Crippen LogP contribution < -0.4 is 108 Å². The molecule has 2 N–H and O–H groups in total. The molecule has 0 unspecified atom stereocenters. The summed E-state index contributed by atoms with van der Waals surface area (Å²) in [6.45, 7) is -0.161. The molecular weight excluding hydrogens is 239 g/mol. The molecule has 3 nitrogen and oxygen atoms in total. The summed E-state index contributed by atoms with van der Waals surface area (Å²) in [5, 5.41) is 10.9. The van der Waals surface area contributed by atoms with E-state index in [1.165, 1.54) is 24.3 Å². The molecule has 0 radical (unpaired) electrons. The number of carbonyl (C=O) groups is 1. The number of carboxylic acids is 1. The van der Waals surface area contributed by atoms with Crippen molar-refractivity contribution in [2.24, 2.45) is 0 Å². The fourth-order valence-corrected chi connectivity index (χ4v) is 0.745. The Balaban J connectivity index is -0.000000180. The molecule has 0 aromatic heterocycles. The van der Waals surface area contributed by atoms with Gasteiger partial charge in [0.25, 0.3) is 0 Å². The molecule has 0 saturated carbocycles. The molecule has 0 aliphatic carbocycles. The van der Waals surface area contributed by atoms with Gasteiger partial charge in [0.2, 0.25) is 0 Å². The third-order valence-electron chi connectivity index (χ3n) is 1.29. The Morgan fingerprint density at radius 1 is 1.36 bits per heavy atom. The first-order valence-electron chi connectivity index (χ1n) is 3.40. The summed E-state index contributed by atoms with van der Waals surface area (Å²) in [7, 11) is 0. The maximum absolute atomic E-state index is 12.3. The number of benzene rings is 1. The Bertz CT molecular complexity index is 288. The number of nitrogens with one attached hydrogen (secondary N) is 1. The van der Waals surface area contributed by atoms with Crippen molar-refractivity contribution < 1.29 is 120 Å². The van der Waals surface area contributed by atoms with Crippen LogP contribution in [0.4, 0.5) is 10.1 Å². The smallest absolute Gasteiger partial charge is 1.00 e. The fraction of sp³-hybridized carbons (Fsp3) is 0.125. The topological polar surface area (TPSA) is 49.3 Å². The van der Waals surface area contributed by atoms with Gasteiger partial charge in [-0.25, -0.2) is 4.39 Å². The van der Waals surface area contributed by atoms with Crippen LogP contribution in [0.5, 0.6) is 0 Å². The summed E-state index contributed by atoms with van der Waals surface area (Å²) in [6.07, 6.45) is 0.